The first kappa shape index (κ1) is 19.2. The Morgan fingerprint density at radius 2 is 2.04 bits per heavy atom. The number of carbonyl (C=O) groups is 1. The van der Waals surface area contributed by atoms with E-state index >= 15 is 0 Å². The van der Waals surface area contributed by atoms with E-state index in [9.17, 15) is 4.79 Å². The molecule has 1 N–H and O–H groups in total. The lowest BCUT2D eigenvalue weighted by Crippen LogP contribution is -2.27. The summed E-state index contributed by atoms with van der Waals surface area (Å²) in [5.41, 5.74) is 6.44. The Bertz CT molecular complexity index is 896. The molecule has 0 saturated carbocycles. The van der Waals surface area contributed by atoms with Gasteiger partial charge in [0.05, 0.1) is 29.6 Å². The van der Waals surface area contributed by atoms with Crippen LogP contribution in [0.4, 0.5) is 0 Å². The van der Waals surface area contributed by atoms with Crippen molar-refractivity contribution in [1.82, 2.24) is 14.9 Å². The van der Waals surface area contributed by atoms with E-state index in [-0.39, 0.29) is 5.91 Å². The van der Waals surface area contributed by atoms with Gasteiger partial charge in [-0.15, -0.1) is 11.3 Å². The highest BCUT2D eigenvalue weighted by Gasteiger charge is 2.19. The van der Waals surface area contributed by atoms with Gasteiger partial charge in [-0.3, -0.25) is 4.79 Å². The second-order valence-electron chi connectivity index (χ2n) is 6.94. The van der Waals surface area contributed by atoms with Gasteiger partial charge in [0, 0.05) is 24.2 Å². The molecule has 0 fully saturated rings. The van der Waals surface area contributed by atoms with Crippen molar-refractivity contribution in [2.24, 2.45) is 5.92 Å². The number of benzene rings is 1. The van der Waals surface area contributed by atoms with Crippen LogP contribution in [0.15, 0.2) is 41.2 Å². The first-order chi connectivity index (χ1) is 13.0. The number of hydrogen-bond acceptors (Lipinski definition) is 4. The molecule has 27 heavy (non-hydrogen) atoms. The van der Waals surface area contributed by atoms with Crippen LogP contribution in [0.2, 0.25) is 0 Å². The van der Waals surface area contributed by atoms with Gasteiger partial charge in [-0.05, 0) is 36.6 Å². The molecule has 0 aliphatic heterocycles. The standard InChI is InChI=1S/C21H25N3O2S/c1-14(2)10-22-21(25)18-9-20(19-12-27-13-23-19)24(15(18)3)11-16-5-7-17(26-4)8-6-16/h5-9,12-14H,10-11H2,1-4H3,(H,22,25). The van der Waals surface area contributed by atoms with Gasteiger partial charge < -0.3 is 14.6 Å². The van der Waals surface area contributed by atoms with E-state index in [0.717, 1.165) is 28.4 Å². The van der Waals surface area contributed by atoms with Crippen LogP contribution in [0.25, 0.3) is 11.4 Å². The molecule has 0 saturated heterocycles. The lowest BCUT2D eigenvalue weighted by molar-refractivity contribution is 0.0948. The number of hydrogen-bond donors (Lipinski definition) is 1. The quantitative estimate of drug-likeness (QED) is 0.659. The molecule has 5 nitrogen and oxygen atoms in total. The maximum absolute atomic E-state index is 12.7. The third-order valence-electron chi connectivity index (χ3n) is 4.48. The fourth-order valence-electron chi connectivity index (χ4n) is 2.94. The van der Waals surface area contributed by atoms with Crippen molar-refractivity contribution >= 4 is 17.2 Å². The highest BCUT2D eigenvalue weighted by molar-refractivity contribution is 7.07. The molecule has 1 aromatic carbocycles. The van der Waals surface area contributed by atoms with Crippen molar-refractivity contribution in [2.45, 2.75) is 27.3 Å². The molecular weight excluding hydrogens is 358 g/mol. The topological polar surface area (TPSA) is 56.2 Å². The summed E-state index contributed by atoms with van der Waals surface area (Å²) in [6, 6.07) is 9.94. The molecule has 0 aliphatic rings. The average Bonchev–Trinajstić information content (AvgIpc) is 3.29. The third-order valence-corrected chi connectivity index (χ3v) is 5.06. The number of carbonyl (C=O) groups excluding carboxylic acids is 1. The maximum Gasteiger partial charge on any atom is 0.253 e. The molecule has 0 spiro atoms. The predicted molar refractivity (Wildman–Crippen MR) is 110 cm³/mol. The smallest absolute Gasteiger partial charge is 0.253 e. The molecule has 0 unspecified atom stereocenters. The van der Waals surface area contributed by atoms with Crippen molar-refractivity contribution in [3.8, 4) is 17.1 Å². The van der Waals surface area contributed by atoms with Gasteiger partial charge in [-0.25, -0.2) is 4.98 Å². The highest BCUT2D eigenvalue weighted by Crippen LogP contribution is 2.27. The third kappa shape index (κ3) is 4.39. The van der Waals surface area contributed by atoms with Crippen molar-refractivity contribution in [2.75, 3.05) is 13.7 Å². The number of thiazole rings is 1. The maximum atomic E-state index is 12.7. The molecular formula is C21H25N3O2S. The highest BCUT2D eigenvalue weighted by atomic mass is 32.1. The Morgan fingerprint density at radius 3 is 2.63 bits per heavy atom. The minimum atomic E-state index is -0.0360. The van der Waals surface area contributed by atoms with Crippen LogP contribution in [-0.2, 0) is 6.54 Å². The van der Waals surface area contributed by atoms with Gasteiger partial charge in [0.1, 0.15) is 5.75 Å². The Balaban J connectivity index is 1.96. The molecule has 142 valence electrons. The number of ether oxygens (including phenoxy) is 1. The van der Waals surface area contributed by atoms with E-state index in [0.29, 0.717) is 24.6 Å². The molecule has 0 radical (unpaired) electrons. The van der Waals surface area contributed by atoms with Crippen LogP contribution in [0.1, 0.15) is 35.5 Å². The second-order valence-corrected chi connectivity index (χ2v) is 7.66. The van der Waals surface area contributed by atoms with E-state index in [2.05, 4.69) is 28.7 Å². The zero-order valence-corrected chi connectivity index (χ0v) is 17.0. The van der Waals surface area contributed by atoms with Gasteiger partial charge in [0.15, 0.2) is 0 Å². The monoisotopic (exact) mass is 383 g/mol. The van der Waals surface area contributed by atoms with Crippen LogP contribution in [-0.4, -0.2) is 29.1 Å². The number of nitrogens with one attached hydrogen (secondary N) is 1. The normalized spacial score (nSPS) is 11.0. The zero-order valence-electron chi connectivity index (χ0n) is 16.2. The van der Waals surface area contributed by atoms with Gasteiger partial charge in [0.25, 0.3) is 5.91 Å². The number of amides is 1. The fourth-order valence-corrected chi connectivity index (χ4v) is 3.48. The van der Waals surface area contributed by atoms with E-state index in [1.165, 1.54) is 0 Å². The van der Waals surface area contributed by atoms with E-state index < -0.39 is 0 Å². The molecule has 3 aromatic rings. The van der Waals surface area contributed by atoms with E-state index in [1.807, 2.05) is 48.1 Å². The van der Waals surface area contributed by atoms with Crippen molar-refractivity contribution < 1.29 is 9.53 Å². The molecule has 0 aliphatic carbocycles. The summed E-state index contributed by atoms with van der Waals surface area (Å²) < 4.78 is 7.39. The predicted octanol–water partition coefficient (Wildman–Crippen LogP) is 4.36. The Labute approximate surface area is 164 Å². The minimum Gasteiger partial charge on any atom is -0.497 e. The van der Waals surface area contributed by atoms with Crippen LogP contribution in [0.3, 0.4) is 0 Å². The number of rotatable bonds is 7. The number of aromatic nitrogens is 2. The van der Waals surface area contributed by atoms with E-state index in [4.69, 9.17) is 4.74 Å². The van der Waals surface area contributed by atoms with Gasteiger partial charge in [-0.1, -0.05) is 26.0 Å². The number of nitrogens with zero attached hydrogens (tertiary/aromatic N) is 2. The summed E-state index contributed by atoms with van der Waals surface area (Å²) in [6.07, 6.45) is 0. The van der Waals surface area contributed by atoms with Gasteiger partial charge >= 0.3 is 0 Å². The first-order valence-electron chi connectivity index (χ1n) is 8.99. The largest absolute Gasteiger partial charge is 0.497 e. The SMILES string of the molecule is COc1ccc(Cn2c(-c3cscn3)cc(C(=O)NCC(C)C)c2C)cc1. The Kier molecular flexibility index (Phi) is 5.96. The summed E-state index contributed by atoms with van der Waals surface area (Å²) >= 11 is 1.55. The average molecular weight is 384 g/mol. The van der Waals surface area contributed by atoms with Gasteiger partial charge in [0.2, 0.25) is 0 Å². The Morgan fingerprint density at radius 1 is 1.30 bits per heavy atom. The van der Waals surface area contributed by atoms with Crippen LogP contribution >= 0.6 is 11.3 Å². The molecule has 2 aromatic heterocycles. The van der Waals surface area contributed by atoms with E-state index in [1.54, 1.807) is 18.4 Å². The summed E-state index contributed by atoms with van der Waals surface area (Å²) in [4.78, 5) is 17.1. The molecule has 3 rings (SSSR count). The minimum absolute atomic E-state index is 0.0360. The van der Waals surface area contributed by atoms with Crippen LogP contribution in [0, 0.1) is 12.8 Å². The van der Waals surface area contributed by atoms with Crippen molar-refractivity contribution in [1.29, 1.82) is 0 Å². The summed E-state index contributed by atoms with van der Waals surface area (Å²) in [7, 11) is 1.66. The van der Waals surface area contributed by atoms with Crippen LogP contribution in [0.5, 0.6) is 5.75 Å². The molecule has 1 amide bonds. The molecule has 6 heteroatoms. The molecule has 0 bridgehead atoms. The molecule has 2 heterocycles. The summed E-state index contributed by atoms with van der Waals surface area (Å²) in [5.74, 6) is 1.20. The first-order valence-corrected chi connectivity index (χ1v) is 9.93. The summed E-state index contributed by atoms with van der Waals surface area (Å²) in [5, 5.41) is 5.03. The number of methoxy groups -OCH3 is 1. The summed E-state index contributed by atoms with van der Waals surface area (Å²) in [6.45, 7) is 7.49. The van der Waals surface area contributed by atoms with Crippen molar-refractivity contribution in [3.63, 3.8) is 0 Å². The van der Waals surface area contributed by atoms with Crippen LogP contribution < -0.4 is 10.1 Å². The zero-order chi connectivity index (χ0) is 19.4. The molecule has 0 atom stereocenters. The fraction of sp³-hybridized carbons (Fsp3) is 0.333. The lowest BCUT2D eigenvalue weighted by atomic mass is 10.2. The van der Waals surface area contributed by atoms with Gasteiger partial charge in [-0.2, -0.15) is 0 Å². The Hall–Kier alpha value is -2.60. The lowest BCUT2D eigenvalue weighted by Gasteiger charge is -2.12. The van der Waals surface area contributed by atoms with Crippen molar-refractivity contribution in [3.05, 3.63) is 58.0 Å². The second kappa shape index (κ2) is 8.39.